The summed E-state index contributed by atoms with van der Waals surface area (Å²) in [5, 5.41) is 3.01. The molecule has 26 heavy (non-hydrogen) atoms. The van der Waals surface area contributed by atoms with Crippen molar-refractivity contribution in [1.82, 2.24) is 9.62 Å². The fraction of sp³-hybridized carbons (Fsp3) is 0.350. The zero-order valence-electron chi connectivity index (χ0n) is 15.6. The highest BCUT2D eigenvalue weighted by molar-refractivity contribution is 7.88. The highest BCUT2D eigenvalue weighted by atomic mass is 32.2. The lowest BCUT2D eigenvalue weighted by Gasteiger charge is -2.28. The van der Waals surface area contributed by atoms with Gasteiger partial charge < -0.3 is 5.32 Å². The molecule has 0 fully saturated rings. The summed E-state index contributed by atoms with van der Waals surface area (Å²) in [6, 6.07) is 15.8. The molecular weight excluding hydrogens is 348 g/mol. The van der Waals surface area contributed by atoms with Gasteiger partial charge in [0.1, 0.15) is 6.04 Å². The van der Waals surface area contributed by atoms with Crippen LogP contribution >= 0.6 is 0 Å². The van der Waals surface area contributed by atoms with E-state index in [4.69, 9.17) is 0 Å². The van der Waals surface area contributed by atoms with E-state index in [2.05, 4.69) is 5.32 Å². The van der Waals surface area contributed by atoms with E-state index in [1.54, 1.807) is 24.3 Å². The van der Waals surface area contributed by atoms with E-state index in [-0.39, 0.29) is 11.9 Å². The largest absolute Gasteiger partial charge is 0.348 e. The Morgan fingerprint density at radius 1 is 1.04 bits per heavy atom. The number of likely N-dealkylation sites (N-methyl/N-ethyl adjacent to an activating group) is 1. The third kappa shape index (κ3) is 4.93. The number of carbonyl (C=O) groups is 1. The second-order valence-electron chi connectivity index (χ2n) is 6.47. The molecule has 2 aromatic carbocycles. The van der Waals surface area contributed by atoms with Gasteiger partial charge in [-0.2, -0.15) is 4.31 Å². The summed E-state index contributed by atoms with van der Waals surface area (Å²) < 4.78 is 25.2. The molecule has 140 valence electrons. The molecule has 0 saturated heterocycles. The molecule has 0 saturated carbocycles. The Morgan fingerprint density at radius 2 is 1.62 bits per heavy atom. The van der Waals surface area contributed by atoms with Crippen molar-refractivity contribution < 1.29 is 13.2 Å². The second-order valence-corrected chi connectivity index (χ2v) is 8.51. The molecule has 0 aliphatic rings. The van der Waals surface area contributed by atoms with Crippen LogP contribution in [0.2, 0.25) is 0 Å². The summed E-state index contributed by atoms with van der Waals surface area (Å²) in [5.74, 6) is -0.337. The van der Waals surface area contributed by atoms with Crippen LogP contribution in [0.3, 0.4) is 0 Å². The quantitative estimate of drug-likeness (QED) is 0.809. The van der Waals surface area contributed by atoms with Gasteiger partial charge in [-0.1, -0.05) is 67.1 Å². The molecule has 2 rings (SSSR count). The first-order valence-electron chi connectivity index (χ1n) is 8.59. The number of nitrogens with one attached hydrogen (secondary N) is 1. The van der Waals surface area contributed by atoms with E-state index in [1.165, 1.54) is 7.05 Å². The summed E-state index contributed by atoms with van der Waals surface area (Å²) in [4.78, 5) is 13.0. The van der Waals surface area contributed by atoms with Gasteiger partial charge in [-0.25, -0.2) is 8.42 Å². The highest BCUT2D eigenvalue weighted by Gasteiger charge is 2.31. The van der Waals surface area contributed by atoms with Crippen molar-refractivity contribution in [2.24, 2.45) is 0 Å². The topological polar surface area (TPSA) is 66.5 Å². The predicted molar refractivity (Wildman–Crippen MR) is 104 cm³/mol. The minimum Gasteiger partial charge on any atom is -0.348 e. The number of aryl methyl sites for hydroxylation is 1. The van der Waals surface area contributed by atoms with E-state index < -0.39 is 16.1 Å². The van der Waals surface area contributed by atoms with Crippen LogP contribution < -0.4 is 5.32 Å². The standard InChI is InChI=1S/C20H26N2O3S/c1-5-18(16-13-11-15(2)12-14-16)21-20(23)19(22(3)26(4,24)25)17-9-7-6-8-10-17/h6-14,18-19H,5H2,1-4H3,(H,21,23). The van der Waals surface area contributed by atoms with Crippen LogP contribution in [-0.4, -0.2) is 31.9 Å². The van der Waals surface area contributed by atoms with Gasteiger partial charge in [0.05, 0.1) is 12.3 Å². The van der Waals surface area contributed by atoms with Gasteiger partial charge in [-0.15, -0.1) is 0 Å². The zero-order chi connectivity index (χ0) is 19.3. The van der Waals surface area contributed by atoms with Crippen molar-refractivity contribution in [3.63, 3.8) is 0 Å². The molecule has 2 atom stereocenters. The molecule has 0 radical (unpaired) electrons. The number of carbonyl (C=O) groups excluding carboxylic acids is 1. The van der Waals surface area contributed by atoms with Crippen LogP contribution in [0.4, 0.5) is 0 Å². The van der Waals surface area contributed by atoms with Crippen LogP contribution in [0.15, 0.2) is 54.6 Å². The molecule has 6 heteroatoms. The maximum atomic E-state index is 13.0. The summed E-state index contributed by atoms with van der Waals surface area (Å²) >= 11 is 0. The highest BCUT2D eigenvalue weighted by Crippen LogP contribution is 2.24. The van der Waals surface area contributed by atoms with Crippen molar-refractivity contribution in [3.05, 3.63) is 71.3 Å². The molecule has 0 spiro atoms. The maximum Gasteiger partial charge on any atom is 0.243 e. The summed E-state index contributed by atoms with van der Waals surface area (Å²) in [6.07, 6.45) is 1.81. The molecule has 1 N–H and O–H groups in total. The molecule has 0 aromatic heterocycles. The van der Waals surface area contributed by atoms with Crippen molar-refractivity contribution in [3.8, 4) is 0 Å². The number of hydrogen-bond donors (Lipinski definition) is 1. The number of nitrogens with zero attached hydrogens (tertiary/aromatic N) is 1. The van der Waals surface area contributed by atoms with Gasteiger partial charge in [0.25, 0.3) is 0 Å². The third-order valence-electron chi connectivity index (χ3n) is 4.45. The van der Waals surface area contributed by atoms with Gasteiger partial charge in [-0.05, 0) is 24.5 Å². The minimum atomic E-state index is -3.54. The van der Waals surface area contributed by atoms with Crippen molar-refractivity contribution in [2.75, 3.05) is 13.3 Å². The van der Waals surface area contributed by atoms with Crippen molar-refractivity contribution in [1.29, 1.82) is 0 Å². The monoisotopic (exact) mass is 374 g/mol. The average molecular weight is 375 g/mol. The molecule has 2 aromatic rings. The Morgan fingerprint density at radius 3 is 2.12 bits per heavy atom. The molecule has 0 aliphatic heterocycles. The Labute approximate surface area is 156 Å². The minimum absolute atomic E-state index is 0.178. The molecule has 0 heterocycles. The summed E-state index contributed by atoms with van der Waals surface area (Å²) in [6.45, 7) is 4.00. The van der Waals surface area contributed by atoms with Crippen LogP contribution in [0.5, 0.6) is 0 Å². The summed E-state index contributed by atoms with van der Waals surface area (Å²) in [7, 11) is -2.11. The summed E-state index contributed by atoms with van der Waals surface area (Å²) in [5.41, 5.74) is 2.78. The average Bonchev–Trinajstić information content (AvgIpc) is 2.61. The molecule has 1 amide bonds. The van der Waals surface area contributed by atoms with E-state index in [1.807, 2.05) is 44.2 Å². The van der Waals surface area contributed by atoms with Gasteiger partial charge >= 0.3 is 0 Å². The van der Waals surface area contributed by atoms with E-state index in [0.29, 0.717) is 12.0 Å². The molecule has 0 bridgehead atoms. The lowest BCUT2D eigenvalue weighted by Crippen LogP contribution is -2.42. The van der Waals surface area contributed by atoms with E-state index >= 15 is 0 Å². The Hall–Kier alpha value is -2.18. The number of hydrogen-bond acceptors (Lipinski definition) is 3. The van der Waals surface area contributed by atoms with Crippen molar-refractivity contribution in [2.45, 2.75) is 32.4 Å². The smallest absolute Gasteiger partial charge is 0.243 e. The third-order valence-corrected chi connectivity index (χ3v) is 5.71. The molecular formula is C20H26N2O3S. The Kier molecular flexibility index (Phi) is 6.56. The van der Waals surface area contributed by atoms with Gasteiger partial charge in [0, 0.05) is 7.05 Å². The first kappa shape index (κ1) is 20.1. The maximum absolute atomic E-state index is 13.0. The SMILES string of the molecule is CCC(NC(=O)C(c1ccccc1)N(C)S(C)(=O)=O)c1ccc(C)cc1. The second kappa shape index (κ2) is 8.47. The van der Waals surface area contributed by atoms with Crippen LogP contribution in [0, 0.1) is 6.92 Å². The van der Waals surface area contributed by atoms with Gasteiger partial charge in [0.15, 0.2) is 0 Å². The van der Waals surface area contributed by atoms with Gasteiger partial charge in [0.2, 0.25) is 15.9 Å². The fourth-order valence-electron chi connectivity index (χ4n) is 2.82. The Balaban J connectivity index is 2.32. The Bertz CT molecular complexity index is 833. The number of rotatable bonds is 7. The first-order chi connectivity index (χ1) is 12.2. The van der Waals surface area contributed by atoms with E-state index in [0.717, 1.165) is 21.7 Å². The molecule has 2 unspecified atom stereocenters. The van der Waals surface area contributed by atoms with Crippen molar-refractivity contribution >= 4 is 15.9 Å². The molecule has 5 nitrogen and oxygen atoms in total. The number of sulfonamides is 1. The van der Waals surface area contributed by atoms with Crippen LogP contribution in [0.1, 0.15) is 42.1 Å². The number of benzene rings is 2. The lowest BCUT2D eigenvalue weighted by molar-refractivity contribution is -0.125. The van der Waals surface area contributed by atoms with E-state index in [9.17, 15) is 13.2 Å². The number of amides is 1. The first-order valence-corrected chi connectivity index (χ1v) is 10.4. The lowest BCUT2D eigenvalue weighted by atomic mass is 10.0. The van der Waals surface area contributed by atoms with Gasteiger partial charge in [-0.3, -0.25) is 4.79 Å². The van der Waals surface area contributed by atoms with Crippen LogP contribution in [-0.2, 0) is 14.8 Å². The van der Waals surface area contributed by atoms with Crippen LogP contribution in [0.25, 0.3) is 0 Å². The predicted octanol–water partition coefficient (Wildman–Crippen LogP) is 3.20. The molecule has 0 aliphatic carbocycles. The fourth-order valence-corrected chi connectivity index (χ4v) is 3.42. The zero-order valence-corrected chi connectivity index (χ0v) is 16.5. The normalized spacial score (nSPS) is 14.0.